The maximum absolute atomic E-state index is 6.30. The third-order valence-corrected chi connectivity index (χ3v) is 4.55. The minimum Gasteiger partial charge on any atom is -0.366 e. The van der Waals surface area contributed by atoms with Crippen LogP contribution in [-0.4, -0.2) is 24.8 Å². The Balaban J connectivity index is 2.28. The van der Waals surface area contributed by atoms with Gasteiger partial charge in [0, 0.05) is 23.6 Å². The molecule has 0 aromatic heterocycles. The van der Waals surface area contributed by atoms with Gasteiger partial charge in [-0.15, -0.1) is 0 Å². The van der Waals surface area contributed by atoms with Gasteiger partial charge in [-0.3, -0.25) is 0 Å². The molecule has 0 radical (unpaired) electrons. The van der Waals surface area contributed by atoms with Crippen molar-refractivity contribution in [2.75, 3.05) is 13.6 Å². The number of nitrogens with zero attached hydrogens (tertiary/aromatic N) is 2. The van der Waals surface area contributed by atoms with E-state index in [-0.39, 0.29) is 0 Å². The lowest BCUT2D eigenvalue weighted by molar-refractivity contribution is 0.552. The summed E-state index contributed by atoms with van der Waals surface area (Å²) >= 11 is 12.3. The number of hydrogen-bond acceptors (Lipinski definition) is 1. The number of benzene rings is 2. The van der Waals surface area contributed by atoms with E-state index >= 15 is 0 Å². The molecular formula is C19H22Cl2N2. The van der Waals surface area contributed by atoms with E-state index < -0.39 is 0 Å². The van der Waals surface area contributed by atoms with Crippen LogP contribution in [0.1, 0.15) is 29.2 Å². The fraction of sp³-hybridized carbons (Fsp3) is 0.316. The molecule has 122 valence electrons. The average Bonchev–Trinajstić information content (AvgIpc) is 2.50. The van der Waals surface area contributed by atoms with Gasteiger partial charge in [-0.05, 0) is 73.7 Å². The topological polar surface area (TPSA) is 15.6 Å². The molecule has 2 nitrogen and oxygen atoms in total. The third-order valence-electron chi connectivity index (χ3n) is 3.97. The van der Waals surface area contributed by atoms with Gasteiger partial charge in [-0.2, -0.15) is 0 Å². The van der Waals surface area contributed by atoms with E-state index in [1.807, 2.05) is 30.4 Å². The van der Waals surface area contributed by atoms with Crippen LogP contribution in [-0.2, 0) is 6.42 Å². The molecule has 4 heteroatoms. The number of halogens is 2. The first-order chi connectivity index (χ1) is 10.9. The molecule has 0 N–H and O–H groups in total. The van der Waals surface area contributed by atoms with Crippen LogP contribution >= 0.6 is 23.2 Å². The lowest BCUT2D eigenvalue weighted by Crippen LogP contribution is -2.14. The smallest absolute Gasteiger partial charge is 0.0909 e. The van der Waals surface area contributed by atoms with Gasteiger partial charge >= 0.3 is 0 Å². The van der Waals surface area contributed by atoms with Crippen LogP contribution in [0.5, 0.6) is 0 Å². The van der Waals surface area contributed by atoms with Crippen molar-refractivity contribution < 1.29 is 0 Å². The van der Waals surface area contributed by atoms with Crippen LogP contribution in [0, 0.1) is 13.8 Å². The Morgan fingerprint density at radius 3 is 2.30 bits per heavy atom. The summed E-state index contributed by atoms with van der Waals surface area (Å²) in [6.45, 7) is 7.28. The molecule has 0 amide bonds. The Morgan fingerprint density at radius 1 is 1.09 bits per heavy atom. The van der Waals surface area contributed by atoms with Crippen molar-refractivity contribution in [1.82, 2.24) is 4.90 Å². The maximum Gasteiger partial charge on any atom is 0.0909 e. The van der Waals surface area contributed by atoms with Crippen LogP contribution < -0.4 is 0 Å². The van der Waals surface area contributed by atoms with Crippen LogP contribution in [0.2, 0.25) is 10.0 Å². The first kappa shape index (κ1) is 17.8. The van der Waals surface area contributed by atoms with Gasteiger partial charge in [0.1, 0.15) is 0 Å². The molecule has 0 saturated carbocycles. The second kappa shape index (κ2) is 7.85. The van der Waals surface area contributed by atoms with E-state index in [9.17, 15) is 0 Å². The van der Waals surface area contributed by atoms with E-state index in [2.05, 4.69) is 37.9 Å². The van der Waals surface area contributed by atoms with Crippen molar-refractivity contribution in [2.45, 2.75) is 27.2 Å². The molecule has 2 aromatic rings. The fourth-order valence-electron chi connectivity index (χ4n) is 2.43. The largest absolute Gasteiger partial charge is 0.366 e. The number of aryl methyl sites for hydroxylation is 2. The van der Waals surface area contributed by atoms with Crippen molar-refractivity contribution in [1.29, 1.82) is 0 Å². The molecule has 0 fully saturated rings. The molecule has 0 spiro atoms. The standard InChI is InChI=1S/C19H22Cl2N2/c1-5-23(4)12-22-17-8-13(2)18(14(3)9-17)10-15-6-7-16(20)11-19(15)21/h6-9,11-12H,5,10H2,1-4H3. The molecule has 0 aliphatic rings. The Kier molecular flexibility index (Phi) is 6.09. The summed E-state index contributed by atoms with van der Waals surface area (Å²) < 4.78 is 0. The number of aliphatic imine (C=N–C) groups is 1. The monoisotopic (exact) mass is 348 g/mol. The number of rotatable bonds is 5. The van der Waals surface area contributed by atoms with Crippen molar-refractivity contribution in [3.63, 3.8) is 0 Å². The van der Waals surface area contributed by atoms with Gasteiger partial charge in [0.25, 0.3) is 0 Å². The Morgan fingerprint density at radius 2 is 1.74 bits per heavy atom. The Bertz CT molecular complexity index is 700. The van der Waals surface area contributed by atoms with Crippen LogP contribution in [0.25, 0.3) is 0 Å². The lowest BCUT2D eigenvalue weighted by Gasteiger charge is -2.13. The highest BCUT2D eigenvalue weighted by molar-refractivity contribution is 6.35. The molecule has 0 bridgehead atoms. The zero-order chi connectivity index (χ0) is 17.0. The predicted octanol–water partition coefficient (Wildman–Crippen LogP) is 5.81. The van der Waals surface area contributed by atoms with Crippen LogP contribution in [0.3, 0.4) is 0 Å². The van der Waals surface area contributed by atoms with E-state index in [0.29, 0.717) is 10.0 Å². The first-order valence-corrected chi connectivity index (χ1v) is 8.44. The van der Waals surface area contributed by atoms with Crippen molar-refractivity contribution in [3.05, 3.63) is 62.6 Å². The summed E-state index contributed by atoms with van der Waals surface area (Å²) in [6, 6.07) is 9.90. The van der Waals surface area contributed by atoms with E-state index in [0.717, 1.165) is 24.2 Å². The zero-order valence-electron chi connectivity index (χ0n) is 14.0. The predicted molar refractivity (Wildman–Crippen MR) is 102 cm³/mol. The average molecular weight is 349 g/mol. The van der Waals surface area contributed by atoms with Crippen LogP contribution in [0.4, 0.5) is 5.69 Å². The van der Waals surface area contributed by atoms with Crippen molar-refractivity contribution >= 4 is 35.2 Å². The van der Waals surface area contributed by atoms with Gasteiger partial charge in [-0.25, -0.2) is 4.99 Å². The normalized spacial score (nSPS) is 11.2. The second-order valence-electron chi connectivity index (χ2n) is 5.79. The SMILES string of the molecule is CCN(C)C=Nc1cc(C)c(Cc2ccc(Cl)cc2Cl)c(C)c1. The molecule has 0 unspecified atom stereocenters. The highest BCUT2D eigenvalue weighted by atomic mass is 35.5. The van der Waals surface area contributed by atoms with E-state index in [4.69, 9.17) is 23.2 Å². The summed E-state index contributed by atoms with van der Waals surface area (Å²) in [5.74, 6) is 0. The highest BCUT2D eigenvalue weighted by Gasteiger charge is 2.09. The molecule has 2 rings (SSSR count). The molecule has 0 atom stereocenters. The number of hydrogen-bond donors (Lipinski definition) is 0. The first-order valence-electron chi connectivity index (χ1n) is 7.69. The Hall–Kier alpha value is -1.51. The second-order valence-corrected chi connectivity index (χ2v) is 6.63. The summed E-state index contributed by atoms with van der Waals surface area (Å²) in [5, 5.41) is 1.37. The molecule has 0 saturated heterocycles. The van der Waals surface area contributed by atoms with Gasteiger partial charge in [0.2, 0.25) is 0 Å². The summed E-state index contributed by atoms with van der Waals surface area (Å²) in [4.78, 5) is 6.58. The summed E-state index contributed by atoms with van der Waals surface area (Å²) in [6.07, 6.45) is 2.66. The Labute approximate surface area is 148 Å². The quantitative estimate of drug-likeness (QED) is 0.491. The third kappa shape index (κ3) is 4.73. The van der Waals surface area contributed by atoms with Crippen molar-refractivity contribution in [2.24, 2.45) is 4.99 Å². The molecule has 0 heterocycles. The molecule has 0 aliphatic heterocycles. The fourth-order valence-corrected chi connectivity index (χ4v) is 2.90. The minimum absolute atomic E-state index is 0.664. The zero-order valence-corrected chi connectivity index (χ0v) is 15.5. The molecule has 23 heavy (non-hydrogen) atoms. The van der Waals surface area contributed by atoms with Gasteiger partial charge < -0.3 is 4.90 Å². The lowest BCUT2D eigenvalue weighted by atomic mass is 9.95. The maximum atomic E-state index is 6.30. The van der Waals surface area contributed by atoms with Crippen LogP contribution in [0.15, 0.2) is 35.3 Å². The molecule has 0 aliphatic carbocycles. The molecule has 2 aromatic carbocycles. The van der Waals surface area contributed by atoms with Gasteiger partial charge in [-0.1, -0.05) is 29.3 Å². The highest BCUT2D eigenvalue weighted by Crippen LogP contribution is 2.28. The minimum atomic E-state index is 0.664. The van der Waals surface area contributed by atoms with Crippen molar-refractivity contribution in [3.8, 4) is 0 Å². The molecular weight excluding hydrogens is 327 g/mol. The van der Waals surface area contributed by atoms with Gasteiger partial charge in [0.05, 0.1) is 12.0 Å². The summed E-state index contributed by atoms with van der Waals surface area (Å²) in [5.41, 5.74) is 5.80. The summed E-state index contributed by atoms with van der Waals surface area (Å²) in [7, 11) is 2.01. The van der Waals surface area contributed by atoms with Gasteiger partial charge in [0.15, 0.2) is 0 Å². The van der Waals surface area contributed by atoms with E-state index in [1.54, 1.807) is 6.07 Å². The van der Waals surface area contributed by atoms with E-state index in [1.165, 1.54) is 16.7 Å².